The van der Waals surface area contributed by atoms with Crippen LogP contribution in [0, 0.1) is 17.1 Å². The van der Waals surface area contributed by atoms with Gasteiger partial charge in [-0.2, -0.15) is 5.26 Å². The first-order valence-corrected chi connectivity index (χ1v) is 8.82. The van der Waals surface area contributed by atoms with Gasteiger partial charge < -0.3 is 19.5 Å². The molecule has 0 aliphatic rings. The maximum absolute atomic E-state index is 13.9. The van der Waals surface area contributed by atoms with Crippen molar-refractivity contribution < 1.29 is 18.6 Å². The van der Waals surface area contributed by atoms with Crippen LogP contribution in [-0.4, -0.2) is 20.8 Å². The highest BCUT2D eigenvalue weighted by Gasteiger charge is 2.11. The minimum Gasteiger partial charge on any atom is -0.494 e. The number of unbranched alkanes of at least 4 members (excludes halogenated alkanes) is 1. The van der Waals surface area contributed by atoms with E-state index in [-0.39, 0.29) is 17.6 Å². The lowest BCUT2D eigenvalue weighted by molar-refractivity contribution is 0.290. The van der Waals surface area contributed by atoms with Crippen molar-refractivity contribution in [2.45, 2.75) is 32.4 Å². The van der Waals surface area contributed by atoms with Crippen LogP contribution < -0.4 is 19.5 Å². The van der Waals surface area contributed by atoms with Crippen LogP contribution in [0.4, 0.5) is 4.39 Å². The van der Waals surface area contributed by atoms with E-state index in [1.807, 2.05) is 31.2 Å². The molecule has 0 aliphatic heterocycles. The molecule has 1 atom stereocenters. The molecular formula is C21H25FN2O3. The van der Waals surface area contributed by atoms with Crippen LogP contribution in [0.3, 0.4) is 0 Å². The average molecular weight is 372 g/mol. The predicted molar refractivity (Wildman–Crippen MR) is 102 cm³/mol. The molecule has 0 saturated heterocycles. The Balaban J connectivity index is 2.00. The van der Waals surface area contributed by atoms with E-state index in [0.717, 1.165) is 11.1 Å². The second-order valence-electron chi connectivity index (χ2n) is 6.09. The molecular weight excluding hydrogens is 347 g/mol. The number of nitriles is 1. The lowest BCUT2D eigenvalue weighted by Gasteiger charge is -2.16. The molecule has 27 heavy (non-hydrogen) atoms. The van der Waals surface area contributed by atoms with Gasteiger partial charge >= 0.3 is 0 Å². The van der Waals surface area contributed by atoms with Crippen LogP contribution in [0.25, 0.3) is 0 Å². The third-order valence-electron chi connectivity index (χ3n) is 4.21. The lowest BCUT2D eigenvalue weighted by Crippen LogP contribution is -2.18. The first kappa shape index (κ1) is 20.5. The summed E-state index contributed by atoms with van der Waals surface area (Å²) in [5.41, 5.74) is 1.86. The smallest absolute Gasteiger partial charge is 0.165 e. The Kier molecular flexibility index (Phi) is 7.90. The number of halogens is 1. The maximum atomic E-state index is 13.9. The third kappa shape index (κ3) is 5.87. The molecule has 6 heteroatoms. The predicted octanol–water partition coefficient (Wildman–Crippen LogP) is 4.38. The van der Waals surface area contributed by atoms with Crippen molar-refractivity contribution in [3.8, 4) is 23.3 Å². The van der Waals surface area contributed by atoms with Crippen LogP contribution in [0.1, 0.15) is 36.9 Å². The van der Waals surface area contributed by atoms with Crippen molar-refractivity contribution in [2.75, 3.05) is 20.8 Å². The van der Waals surface area contributed by atoms with Gasteiger partial charge in [-0.05, 0) is 48.7 Å². The van der Waals surface area contributed by atoms with Gasteiger partial charge in [-0.25, -0.2) is 4.39 Å². The molecule has 0 bridgehead atoms. The summed E-state index contributed by atoms with van der Waals surface area (Å²) < 4.78 is 29.9. The summed E-state index contributed by atoms with van der Waals surface area (Å²) in [6.45, 7) is 3.03. The molecule has 0 radical (unpaired) electrons. The molecule has 0 amide bonds. The number of hydrogen-bond donors (Lipinski definition) is 1. The Hall–Kier alpha value is -2.78. The Morgan fingerprint density at radius 1 is 1.07 bits per heavy atom. The first-order valence-electron chi connectivity index (χ1n) is 8.82. The lowest BCUT2D eigenvalue weighted by atomic mass is 10.1. The Labute approximate surface area is 159 Å². The minimum absolute atomic E-state index is 0.0347. The molecule has 0 saturated carbocycles. The van der Waals surface area contributed by atoms with Gasteiger partial charge in [-0.1, -0.05) is 12.1 Å². The first-order chi connectivity index (χ1) is 13.1. The summed E-state index contributed by atoms with van der Waals surface area (Å²) in [5, 5.41) is 12.0. The zero-order chi connectivity index (χ0) is 19.6. The molecule has 0 heterocycles. The standard InChI is InChI=1S/C21H25FN2O3/c1-15(17-7-9-19(25-2)18(22)13-17)24-14-16-6-8-20(26-3)21(12-16)27-11-5-4-10-23/h6-9,12-13,15,24H,4-5,11,14H2,1-3H3. The molecule has 144 valence electrons. The fourth-order valence-corrected chi connectivity index (χ4v) is 2.62. The summed E-state index contributed by atoms with van der Waals surface area (Å²) in [5.74, 6) is 1.17. The zero-order valence-electron chi connectivity index (χ0n) is 15.9. The molecule has 0 aromatic heterocycles. The number of ether oxygens (including phenoxy) is 3. The van der Waals surface area contributed by atoms with E-state index in [4.69, 9.17) is 19.5 Å². The van der Waals surface area contributed by atoms with E-state index >= 15 is 0 Å². The van der Waals surface area contributed by atoms with Gasteiger partial charge in [0.1, 0.15) is 0 Å². The second kappa shape index (κ2) is 10.4. The number of benzene rings is 2. The van der Waals surface area contributed by atoms with Crippen LogP contribution in [0.5, 0.6) is 17.2 Å². The molecule has 2 aromatic rings. The minimum atomic E-state index is -0.374. The van der Waals surface area contributed by atoms with E-state index in [9.17, 15) is 4.39 Å². The van der Waals surface area contributed by atoms with Crippen molar-refractivity contribution in [3.05, 3.63) is 53.3 Å². The van der Waals surface area contributed by atoms with E-state index in [2.05, 4.69) is 11.4 Å². The van der Waals surface area contributed by atoms with Gasteiger partial charge in [0.25, 0.3) is 0 Å². The summed E-state index contributed by atoms with van der Waals surface area (Å²) in [4.78, 5) is 0. The molecule has 0 aliphatic carbocycles. The third-order valence-corrected chi connectivity index (χ3v) is 4.21. The quantitative estimate of drug-likeness (QED) is 0.627. The van der Waals surface area contributed by atoms with E-state index < -0.39 is 0 Å². The summed E-state index contributed by atoms with van der Waals surface area (Å²) >= 11 is 0. The van der Waals surface area contributed by atoms with Gasteiger partial charge in [0, 0.05) is 19.0 Å². The van der Waals surface area contributed by atoms with Gasteiger partial charge in [-0.3, -0.25) is 0 Å². The highest BCUT2D eigenvalue weighted by atomic mass is 19.1. The Morgan fingerprint density at radius 2 is 1.81 bits per heavy atom. The van der Waals surface area contributed by atoms with E-state index in [1.54, 1.807) is 13.2 Å². The molecule has 1 N–H and O–H groups in total. The number of nitrogens with one attached hydrogen (secondary N) is 1. The van der Waals surface area contributed by atoms with Gasteiger partial charge in [-0.15, -0.1) is 0 Å². The van der Waals surface area contributed by atoms with E-state index in [1.165, 1.54) is 13.2 Å². The Bertz CT molecular complexity index is 789. The topological polar surface area (TPSA) is 63.5 Å². The Morgan fingerprint density at radius 3 is 2.48 bits per heavy atom. The van der Waals surface area contributed by atoms with Gasteiger partial charge in [0.15, 0.2) is 23.1 Å². The summed E-state index contributed by atoms with van der Waals surface area (Å²) in [7, 11) is 3.04. The summed E-state index contributed by atoms with van der Waals surface area (Å²) in [6, 6.07) is 12.7. The molecule has 1 unspecified atom stereocenters. The highest BCUT2D eigenvalue weighted by molar-refractivity contribution is 5.43. The highest BCUT2D eigenvalue weighted by Crippen LogP contribution is 2.29. The molecule has 0 spiro atoms. The van der Waals surface area contributed by atoms with Gasteiger partial charge in [0.05, 0.1) is 26.9 Å². The van der Waals surface area contributed by atoms with Crippen molar-refractivity contribution in [2.24, 2.45) is 0 Å². The summed E-state index contributed by atoms with van der Waals surface area (Å²) in [6.07, 6.45) is 1.13. The number of hydrogen-bond acceptors (Lipinski definition) is 5. The van der Waals surface area contributed by atoms with Crippen LogP contribution in [0.2, 0.25) is 0 Å². The molecule has 0 fully saturated rings. The molecule has 5 nitrogen and oxygen atoms in total. The van der Waals surface area contributed by atoms with Crippen LogP contribution >= 0.6 is 0 Å². The van der Waals surface area contributed by atoms with Crippen LogP contribution in [-0.2, 0) is 6.54 Å². The molecule has 2 rings (SSSR count). The van der Waals surface area contributed by atoms with Crippen molar-refractivity contribution in [3.63, 3.8) is 0 Å². The fourth-order valence-electron chi connectivity index (χ4n) is 2.62. The van der Waals surface area contributed by atoms with Crippen LogP contribution in [0.15, 0.2) is 36.4 Å². The maximum Gasteiger partial charge on any atom is 0.165 e. The normalized spacial score (nSPS) is 11.5. The number of methoxy groups -OCH3 is 2. The average Bonchev–Trinajstić information content (AvgIpc) is 2.69. The van der Waals surface area contributed by atoms with Crippen molar-refractivity contribution in [1.82, 2.24) is 5.32 Å². The number of rotatable bonds is 10. The zero-order valence-corrected chi connectivity index (χ0v) is 15.9. The number of nitrogens with zero attached hydrogens (tertiary/aromatic N) is 1. The fraction of sp³-hybridized carbons (Fsp3) is 0.381. The van der Waals surface area contributed by atoms with Crippen molar-refractivity contribution in [1.29, 1.82) is 5.26 Å². The monoisotopic (exact) mass is 372 g/mol. The second-order valence-corrected chi connectivity index (χ2v) is 6.09. The molecule has 2 aromatic carbocycles. The SMILES string of the molecule is COc1ccc(C(C)NCc2ccc(OC)c(OCCCC#N)c2)cc1F. The van der Waals surface area contributed by atoms with Crippen molar-refractivity contribution >= 4 is 0 Å². The van der Waals surface area contributed by atoms with Gasteiger partial charge in [0.2, 0.25) is 0 Å². The van der Waals surface area contributed by atoms with E-state index in [0.29, 0.717) is 37.5 Å². The largest absolute Gasteiger partial charge is 0.494 e.